The summed E-state index contributed by atoms with van der Waals surface area (Å²) in [4.78, 5) is 14.0. The molecule has 38 heavy (non-hydrogen) atoms. The number of benzene rings is 1. The highest BCUT2D eigenvalue weighted by atomic mass is 19.1. The molecule has 6 rings (SSSR count). The molecule has 0 aliphatic heterocycles. The van der Waals surface area contributed by atoms with E-state index in [0.29, 0.717) is 39.8 Å². The van der Waals surface area contributed by atoms with Gasteiger partial charge in [-0.3, -0.25) is 4.98 Å². The zero-order chi connectivity index (χ0) is 26.2. The minimum atomic E-state index is -0.450. The van der Waals surface area contributed by atoms with Gasteiger partial charge in [0.25, 0.3) is 0 Å². The van der Waals surface area contributed by atoms with E-state index in [1.54, 1.807) is 42.2 Å². The molecule has 1 N–H and O–H groups in total. The summed E-state index contributed by atoms with van der Waals surface area (Å²) < 4.78 is 30.1. The third kappa shape index (κ3) is 4.16. The predicted octanol–water partition coefficient (Wildman–Crippen LogP) is 4.99. The summed E-state index contributed by atoms with van der Waals surface area (Å²) in [6, 6.07) is 10.9. The SMILES string of the molecule is COc1cccc(-c2cn3nc(-c4nccn4C)nc(N[C@@H]4CC[C@@H](OC)C4)c3c2-c2ccccn2)c1F. The van der Waals surface area contributed by atoms with Crippen molar-refractivity contribution in [2.45, 2.75) is 31.4 Å². The van der Waals surface area contributed by atoms with E-state index >= 15 is 4.39 Å². The lowest BCUT2D eigenvalue weighted by Crippen LogP contribution is -2.19. The third-order valence-electron chi connectivity index (χ3n) is 7.11. The lowest BCUT2D eigenvalue weighted by atomic mass is 10.00. The van der Waals surface area contributed by atoms with Crippen LogP contribution in [-0.2, 0) is 11.8 Å². The van der Waals surface area contributed by atoms with Crippen molar-refractivity contribution >= 4 is 11.3 Å². The number of hydrogen-bond acceptors (Lipinski definition) is 7. The smallest absolute Gasteiger partial charge is 0.218 e. The molecule has 0 unspecified atom stereocenters. The minimum absolute atomic E-state index is 0.163. The fourth-order valence-corrected chi connectivity index (χ4v) is 5.19. The fourth-order valence-electron chi connectivity index (χ4n) is 5.19. The van der Waals surface area contributed by atoms with Crippen LogP contribution in [0.25, 0.3) is 39.5 Å². The Morgan fingerprint density at radius 1 is 1.03 bits per heavy atom. The van der Waals surface area contributed by atoms with Crippen LogP contribution in [0.4, 0.5) is 10.2 Å². The van der Waals surface area contributed by atoms with E-state index in [-0.39, 0.29) is 17.9 Å². The van der Waals surface area contributed by atoms with E-state index in [2.05, 4.69) is 15.3 Å². The highest BCUT2D eigenvalue weighted by Crippen LogP contribution is 2.41. The summed E-state index contributed by atoms with van der Waals surface area (Å²) in [6.45, 7) is 0. The van der Waals surface area contributed by atoms with Gasteiger partial charge in [-0.05, 0) is 37.5 Å². The van der Waals surface area contributed by atoms with Crippen LogP contribution in [0.1, 0.15) is 19.3 Å². The van der Waals surface area contributed by atoms with E-state index in [1.807, 2.05) is 42.2 Å². The Morgan fingerprint density at radius 3 is 2.63 bits per heavy atom. The van der Waals surface area contributed by atoms with Crippen LogP contribution in [0.2, 0.25) is 0 Å². The summed E-state index contributed by atoms with van der Waals surface area (Å²) in [5, 5.41) is 8.47. The highest BCUT2D eigenvalue weighted by molar-refractivity contribution is 5.98. The van der Waals surface area contributed by atoms with Crippen LogP contribution < -0.4 is 10.1 Å². The Labute approximate surface area is 219 Å². The first-order valence-corrected chi connectivity index (χ1v) is 12.5. The Bertz CT molecular complexity index is 1600. The van der Waals surface area contributed by atoms with Gasteiger partial charge >= 0.3 is 0 Å². The zero-order valence-electron chi connectivity index (χ0n) is 21.4. The molecular formula is C28H28FN7O2. The largest absolute Gasteiger partial charge is 0.494 e. The van der Waals surface area contributed by atoms with E-state index in [9.17, 15) is 0 Å². The monoisotopic (exact) mass is 513 g/mol. The molecular weight excluding hydrogens is 485 g/mol. The Balaban J connectivity index is 1.63. The molecule has 0 amide bonds. The van der Waals surface area contributed by atoms with Gasteiger partial charge in [0, 0.05) is 61.7 Å². The molecule has 194 valence electrons. The molecule has 4 heterocycles. The standard InChI is InChI=1S/C28H28FN7O2/c1-35-14-13-31-28(35)27-33-26(32-17-10-11-18(15-17)37-2)25-23(21-8-4-5-12-30-21)20(16-36(25)34-27)19-7-6-9-22(38-3)24(19)29/h4-9,12-14,16-18H,10-11,15H2,1-3H3,(H,32,33,34)/t17-,18-/m1/s1. The van der Waals surface area contributed by atoms with Gasteiger partial charge in [-0.25, -0.2) is 18.9 Å². The lowest BCUT2D eigenvalue weighted by molar-refractivity contribution is 0.108. The van der Waals surface area contributed by atoms with Crippen molar-refractivity contribution < 1.29 is 13.9 Å². The third-order valence-corrected chi connectivity index (χ3v) is 7.11. The number of nitrogens with one attached hydrogen (secondary N) is 1. The van der Waals surface area contributed by atoms with Crippen molar-refractivity contribution in [3.8, 4) is 39.8 Å². The maximum atomic E-state index is 15.6. The summed E-state index contributed by atoms with van der Waals surface area (Å²) in [5.74, 6) is 1.43. The molecule has 1 fully saturated rings. The Morgan fingerprint density at radius 2 is 1.92 bits per heavy atom. The van der Waals surface area contributed by atoms with Crippen molar-refractivity contribution in [1.29, 1.82) is 0 Å². The van der Waals surface area contributed by atoms with Crippen molar-refractivity contribution in [2.24, 2.45) is 7.05 Å². The Hall–Kier alpha value is -4.31. The van der Waals surface area contributed by atoms with E-state index in [4.69, 9.17) is 19.6 Å². The number of imidazole rings is 1. The van der Waals surface area contributed by atoms with Crippen LogP contribution in [0.3, 0.4) is 0 Å². The first kappa shape index (κ1) is 24.1. The minimum Gasteiger partial charge on any atom is -0.494 e. The zero-order valence-corrected chi connectivity index (χ0v) is 21.4. The van der Waals surface area contributed by atoms with E-state index < -0.39 is 5.82 Å². The molecule has 0 radical (unpaired) electrons. The van der Waals surface area contributed by atoms with Gasteiger partial charge < -0.3 is 19.4 Å². The van der Waals surface area contributed by atoms with Crippen LogP contribution in [-0.4, -0.2) is 55.5 Å². The topological polar surface area (TPSA) is 91.4 Å². The van der Waals surface area contributed by atoms with Gasteiger partial charge in [-0.15, -0.1) is 5.10 Å². The second-order valence-electron chi connectivity index (χ2n) is 9.41. The normalized spacial score (nSPS) is 17.3. The number of fused-ring (bicyclic) bond motifs is 1. The molecule has 1 aliphatic carbocycles. The molecule has 1 aliphatic rings. The lowest BCUT2D eigenvalue weighted by Gasteiger charge is -2.16. The predicted molar refractivity (Wildman–Crippen MR) is 142 cm³/mol. The molecule has 1 saturated carbocycles. The molecule has 1 aromatic carbocycles. The first-order valence-electron chi connectivity index (χ1n) is 12.5. The molecule has 4 aromatic heterocycles. The number of halogens is 1. The quantitative estimate of drug-likeness (QED) is 0.328. The molecule has 0 bridgehead atoms. The second kappa shape index (κ2) is 9.86. The second-order valence-corrected chi connectivity index (χ2v) is 9.41. The van der Waals surface area contributed by atoms with Gasteiger partial charge in [0.1, 0.15) is 5.52 Å². The average Bonchev–Trinajstić information content (AvgIpc) is 3.67. The maximum absolute atomic E-state index is 15.6. The number of rotatable bonds is 7. The van der Waals surface area contributed by atoms with Gasteiger partial charge in [-0.1, -0.05) is 18.2 Å². The molecule has 0 spiro atoms. The van der Waals surface area contributed by atoms with Crippen LogP contribution >= 0.6 is 0 Å². The van der Waals surface area contributed by atoms with Crippen molar-refractivity contribution in [3.63, 3.8) is 0 Å². The molecule has 10 heteroatoms. The van der Waals surface area contributed by atoms with Gasteiger partial charge in [0.2, 0.25) is 5.82 Å². The Kier molecular flexibility index (Phi) is 6.24. The van der Waals surface area contributed by atoms with Gasteiger partial charge in [0.05, 0.1) is 18.9 Å². The maximum Gasteiger partial charge on any atom is 0.218 e. The average molecular weight is 514 g/mol. The molecule has 9 nitrogen and oxygen atoms in total. The molecule has 5 aromatic rings. The van der Waals surface area contributed by atoms with Crippen molar-refractivity contribution in [1.82, 2.24) is 29.1 Å². The molecule has 0 saturated heterocycles. The van der Waals surface area contributed by atoms with E-state index in [0.717, 1.165) is 24.8 Å². The number of anilines is 1. The fraction of sp³-hybridized carbons (Fsp3) is 0.286. The first-order chi connectivity index (χ1) is 18.6. The highest BCUT2D eigenvalue weighted by Gasteiger charge is 2.29. The summed E-state index contributed by atoms with van der Waals surface area (Å²) in [7, 11) is 5.10. The number of aromatic nitrogens is 6. The van der Waals surface area contributed by atoms with Gasteiger partial charge in [0.15, 0.2) is 23.2 Å². The number of aryl methyl sites for hydroxylation is 1. The number of nitrogens with zero attached hydrogens (tertiary/aromatic N) is 6. The summed E-state index contributed by atoms with van der Waals surface area (Å²) in [6.07, 6.45) is 10.1. The van der Waals surface area contributed by atoms with E-state index in [1.165, 1.54) is 7.11 Å². The number of methoxy groups -OCH3 is 2. The van der Waals surface area contributed by atoms with Crippen LogP contribution in [0, 0.1) is 5.82 Å². The van der Waals surface area contributed by atoms with Crippen LogP contribution in [0.15, 0.2) is 61.2 Å². The number of pyridine rings is 1. The van der Waals surface area contributed by atoms with Crippen LogP contribution in [0.5, 0.6) is 5.75 Å². The number of hydrogen-bond donors (Lipinski definition) is 1. The van der Waals surface area contributed by atoms with Gasteiger partial charge in [-0.2, -0.15) is 0 Å². The number of ether oxygens (including phenoxy) is 2. The van der Waals surface area contributed by atoms with Crippen molar-refractivity contribution in [2.75, 3.05) is 19.5 Å². The molecule has 2 atom stereocenters. The summed E-state index contributed by atoms with van der Waals surface area (Å²) >= 11 is 0. The van der Waals surface area contributed by atoms with Crippen molar-refractivity contribution in [3.05, 3.63) is 67.0 Å². The summed E-state index contributed by atoms with van der Waals surface area (Å²) in [5.41, 5.74) is 3.15.